The molecule has 2 fully saturated rings. The molecule has 1 amide bonds. The topological polar surface area (TPSA) is 63.2 Å². The number of rotatable bonds is 7. The maximum Gasteiger partial charge on any atom is 0.220 e. The van der Waals surface area contributed by atoms with Crippen LogP contribution in [0.3, 0.4) is 0 Å². The summed E-state index contributed by atoms with van der Waals surface area (Å²) in [5, 5.41) is 6.20. The van der Waals surface area contributed by atoms with Gasteiger partial charge < -0.3 is 20.4 Å². The number of guanidine groups is 1. The summed E-state index contributed by atoms with van der Waals surface area (Å²) in [7, 11) is 1.72. The minimum atomic E-state index is 0. The number of hydrogen-bond donors (Lipinski definition) is 2. The molecule has 0 bridgehead atoms. The first kappa shape index (κ1) is 25.4. The fraction of sp³-hybridized carbons (Fsp3) is 0.900. The highest BCUT2D eigenvalue weighted by atomic mass is 127. The van der Waals surface area contributed by atoms with E-state index in [2.05, 4.69) is 46.1 Å². The Morgan fingerprint density at radius 1 is 1.11 bits per heavy atom. The van der Waals surface area contributed by atoms with Crippen LogP contribution in [0.4, 0.5) is 0 Å². The van der Waals surface area contributed by atoms with Crippen molar-refractivity contribution >= 4 is 35.8 Å². The molecule has 0 saturated carbocycles. The minimum Gasteiger partial charge on any atom is -0.359 e. The number of amides is 1. The molecular weight excluding hydrogens is 467 g/mol. The average molecular weight is 508 g/mol. The first-order valence-electron chi connectivity index (χ1n) is 10.8. The summed E-state index contributed by atoms with van der Waals surface area (Å²) >= 11 is 0. The van der Waals surface area contributed by atoms with Gasteiger partial charge in [0.25, 0.3) is 0 Å². The Balaban J connectivity index is 0.00000392. The molecule has 2 N–H and O–H groups in total. The van der Waals surface area contributed by atoms with Crippen LogP contribution in [0.1, 0.15) is 40.0 Å². The van der Waals surface area contributed by atoms with Crippen LogP contribution >= 0.6 is 24.0 Å². The fourth-order valence-corrected chi connectivity index (χ4v) is 3.99. The summed E-state index contributed by atoms with van der Waals surface area (Å²) in [5.74, 6) is 1.69. The van der Waals surface area contributed by atoms with Crippen LogP contribution in [-0.4, -0.2) is 98.6 Å². The van der Waals surface area contributed by atoms with Crippen LogP contribution in [0.2, 0.25) is 0 Å². The van der Waals surface area contributed by atoms with Crippen molar-refractivity contribution in [2.75, 3.05) is 66.0 Å². The number of likely N-dealkylation sites (tertiary alicyclic amines) is 1. The van der Waals surface area contributed by atoms with Crippen molar-refractivity contribution in [3.8, 4) is 0 Å². The van der Waals surface area contributed by atoms with Crippen LogP contribution in [0.15, 0.2) is 4.99 Å². The first-order chi connectivity index (χ1) is 13.1. The van der Waals surface area contributed by atoms with Gasteiger partial charge in [0.1, 0.15) is 0 Å². The molecule has 2 rings (SSSR count). The molecule has 2 saturated heterocycles. The molecule has 1 unspecified atom stereocenters. The summed E-state index contributed by atoms with van der Waals surface area (Å²) in [4.78, 5) is 24.0. The Hall–Kier alpha value is -0.610. The largest absolute Gasteiger partial charge is 0.359 e. The number of piperazine rings is 1. The van der Waals surface area contributed by atoms with E-state index in [-0.39, 0.29) is 29.9 Å². The Labute approximate surface area is 188 Å². The highest BCUT2D eigenvalue weighted by Crippen LogP contribution is 2.20. The zero-order valence-corrected chi connectivity index (χ0v) is 20.6. The number of carbonyl (C=O) groups is 1. The third-order valence-corrected chi connectivity index (χ3v) is 5.98. The molecule has 2 aliphatic rings. The van der Waals surface area contributed by atoms with Gasteiger partial charge in [0, 0.05) is 65.3 Å². The smallest absolute Gasteiger partial charge is 0.220 e. The number of hydrogen-bond acceptors (Lipinski definition) is 4. The quantitative estimate of drug-likeness (QED) is 0.310. The molecule has 0 spiro atoms. The van der Waals surface area contributed by atoms with E-state index in [0.717, 1.165) is 64.6 Å². The Morgan fingerprint density at radius 3 is 2.29 bits per heavy atom. The van der Waals surface area contributed by atoms with E-state index in [1.807, 2.05) is 0 Å². The van der Waals surface area contributed by atoms with Gasteiger partial charge in [-0.3, -0.25) is 14.7 Å². The fourth-order valence-electron chi connectivity index (χ4n) is 3.99. The average Bonchev–Trinajstić information content (AvgIpc) is 2.71. The molecule has 0 radical (unpaired) electrons. The van der Waals surface area contributed by atoms with Gasteiger partial charge >= 0.3 is 0 Å². The second kappa shape index (κ2) is 13.6. The molecular formula is C20H41IN6O. The number of carbonyl (C=O) groups excluding carboxylic acids is 1. The van der Waals surface area contributed by atoms with Crippen molar-refractivity contribution in [1.29, 1.82) is 0 Å². The van der Waals surface area contributed by atoms with Crippen molar-refractivity contribution in [3.63, 3.8) is 0 Å². The van der Waals surface area contributed by atoms with Crippen molar-refractivity contribution in [2.45, 2.75) is 46.1 Å². The van der Waals surface area contributed by atoms with E-state index in [4.69, 9.17) is 4.99 Å². The third kappa shape index (κ3) is 8.02. The Bertz CT molecular complexity index is 473. The van der Waals surface area contributed by atoms with Crippen LogP contribution in [0.25, 0.3) is 0 Å². The molecule has 28 heavy (non-hydrogen) atoms. The molecule has 1 atom stereocenters. The van der Waals surface area contributed by atoms with Crippen LogP contribution in [0, 0.1) is 5.92 Å². The lowest BCUT2D eigenvalue weighted by molar-refractivity contribution is -0.121. The zero-order valence-electron chi connectivity index (χ0n) is 18.2. The normalized spacial score (nSPS) is 21.1. The monoisotopic (exact) mass is 508 g/mol. The number of halogens is 1. The molecule has 164 valence electrons. The predicted octanol–water partition coefficient (Wildman–Crippen LogP) is 1.44. The van der Waals surface area contributed by atoms with E-state index < -0.39 is 0 Å². The highest BCUT2D eigenvalue weighted by molar-refractivity contribution is 14.0. The maximum absolute atomic E-state index is 11.6. The van der Waals surface area contributed by atoms with Crippen molar-refractivity contribution < 1.29 is 4.79 Å². The van der Waals surface area contributed by atoms with Gasteiger partial charge in [0.15, 0.2) is 5.96 Å². The molecule has 7 nitrogen and oxygen atoms in total. The van der Waals surface area contributed by atoms with E-state index in [1.165, 1.54) is 13.1 Å². The minimum absolute atomic E-state index is 0. The van der Waals surface area contributed by atoms with Crippen molar-refractivity contribution in [2.24, 2.45) is 10.9 Å². The first-order valence-corrected chi connectivity index (χ1v) is 10.8. The SMILES string of the molecule is CCNC(=NCC(C)N1CCN(CC)CC1)N1CCC(CC(=O)NC)CC1.I. The molecule has 8 heteroatoms. The maximum atomic E-state index is 11.6. The van der Waals surface area contributed by atoms with Crippen LogP contribution in [0.5, 0.6) is 0 Å². The van der Waals surface area contributed by atoms with Gasteiger partial charge in [0.2, 0.25) is 5.91 Å². The van der Waals surface area contributed by atoms with E-state index >= 15 is 0 Å². The summed E-state index contributed by atoms with van der Waals surface area (Å²) in [6.07, 6.45) is 2.78. The molecule has 0 aliphatic carbocycles. The predicted molar refractivity (Wildman–Crippen MR) is 128 cm³/mol. The lowest BCUT2D eigenvalue weighted by atomic mass is 9.93. The van der Waals surface area contributed by atoms with Gasteiger partial charge in [-0.1, -0.05) is 6.92 Å². The van der Waals surface area contributed by atoms with E-state index in [9.17, 15) is 4.79 Å². The van der Waals surface area contributed by atoms with Gasteiger partial charge in [0.05, 0.1) is 6.54 Å². The molecule has 2 heterocycles. The van der Waals surface area contributed by atoms with Gasteiger partial charge in [-0.25, -0.2) is 0 Å². The third-order valence-electron chi connectivity index (χ3n) is 5.98. The second-order valence-corrected chi connectivity index (χ2v) is 7.82. The summed E-state index contributed by atoms with van der Waals surface area (Å²) in [6, 6.07) is 0.475. The number of likely N-dealkylation sites (N-methyl/N-ethyl adjacent to an activating group) is 1. The van der Waals surface area contributed by atoms with Gasteiger partial charge in [-0.2, -0.15) is 0 Å². The number of nitrogens with one attached hydrogen (secondary N) is 2. The number of aliphatic imine (C=N–C) groups is 1. The van der Waals surface area contributed by atoms with Crippen LogP contribution in [-0.2, 0) is 4.79 Å². The molecule has 0 aromatic heterocycles. The number of nitrogens with zero attached hydrogens (tertiary/aromatic N) is 4. The molecule has 0 aromatic carbocycles. The zero-order chi connectivity index (χ0) is 19.6. The van der Waals surface area contributed by atoms with E-state index in [1.54, 1.807) is 7.05 Å². The van der Waals surface area contributed by atoms with Crippen molar-refractivity contribution in [3.05, 3.63) is 0 Å². The number of piperidine rings is 1. The lowest BCUT2D eigenvalue weighted by Crippen LogP contribution is -2.50. The Kier molecular flexibility index (Phi) is 12.3. The lowest BCUT2D eigenvalue weighted by Gasteiger charge is -2.37. The molecule has 2 aliphatic heterocycles. The van der Waals surface area contributed by atoms with Crippen LogP contribution < -0.4 is 10.6 Å². The van der Waals surface area contributed by atoms with Gasteiger partial charge in [-0.15, -0.1) is 24.0 Å². The van der Waals surface area contributed by atoms with Gasteiger partial charge in [-0.05, 0) is 39.2 Å². The second-order valence-electron chi connectivity index (χ2n) is 7.82. The Morgan fingerprint density at radius 2 is 1.75 bits per heavy atom. The standard InChI is InChI=1S/C20H40N6O.HI/c1-5-22-20(26-9-7-18(8-10-26)15-19(27)21-4)23-16-17(3)25-13-11-24(6-2)12-14-25;/h17-18H,5-16H2,1-4H3,(H,21,27)(H,22,23);1H. The summed E-state index contributed by atoms with van der Waals surface area (Å²) < 4.78 is 0. The molecule has 0 aromatic rings. The highest BCUT2D eigenvalue weighted by Gasteiger charge is 2.24. The summed E-state index contributed by atoms with van der Waals surface area (Å²) in [5.41, 5.74) is 0. The summed E-state index contributed by atoms with van der Waals surface area (Å²) in [6.45, 7) is 16.1. The van der Waals surface area contributed by atoms with E-state index in [0.29, 0.717) is 18.4 Å². The van der Waals surface area contributed by atoms with Crippen molar-refractivity contribution in [1.82, 2.24) is 25.3 Å².